The van der Waals surface area contributed by atoms with E-state index in [0.29, 0.717) is 18.7 Å². The minimum atomic E-state index is -4.43. The number of benzene rings is 2. The standard InChI is InChI=1S/C20H15F3N2O2/c21-20(22,23)16-7-8-18(24-10-16)27-17-11-25(12-17)19(26)15-6-5-13-3-1-2-4-14(13)9-15/h1-10,17H,11-12H2. The van der Waals surface area contributed by atoms with Crippen LogP contribution in [0.3, 0.4) is 0 Å². The first kappa shape index (κ1) is 17.3. The van der Waals surface area contributed by atoms with Crippen LogP contribution < -0.4 is 4.74 Å². The molecule has 3 aromatic rings. The van der Waals surface area contributed by atoms with Gasteiger partial charge in [-0.3, -0.25) is 4.79 Å². The molecule has 0 saturated carbocycles. The molecule has 138 valence electrons. The Kier molecular flexibility index (Phi) is 4.22. The summed E-state index contributed by atoms with van der Waals surface area (Å²) in [6, 6.07) is 15.5. The summed E-state index contributed by atoms with van der Waals surface area (Å²) in [4.78, 5) is 17.9. The molecule has 0 bridgehead atoms. The summed E-state index contributed by atoms with van der Waals surface area (Å²) < 4.78 is 43.1. The van der Waals surface area contributed by atoms with Gasteiger partial charge in [-0.1, -0.05) is 30.3 Å². The number of amides is 1. The predicted molar refractivity (Wildman–Crippen MR) is 93.5 cm³/mol. The zero-order valence-corrected chi connectivity index (χ0v) is 14.1. The molecule has 0 spiro atoms. The summed E-state index contributed by atoms with van der Waals surface area (Å²) in [5.41, 5.74) is -0.226. The third-order valence-corrected chi connectivity index (χ3v) is 4.48. The maximum Gasteiger partial charge on any atom is 0.417 e. The molecule has 1 aliphatic heterocycles. The molecule has 4 rings (SSSR count). The molecule has 0 unspecified atom stereocenters. The van der Waals surface area contributed by atoms with Crippen LogP contribution in [0.2, 0.25) is 0 Å². The van der Waals surface area contributed by atoms with Gasteiger partial charge in [0.15, 0.2) is 0 Å². The van der Waals surface area contributed by atoms with Crippen molar-refractivity contribution in [3.8, 4) is 5.88 Å². The Morgan fingerprint density at radius 1 is 1.04 bits per heavy atom. The molecule has 1 aromatic heterocycles. The van der Waals surface area contributed by atoms with Gasteiger partial charge >= 0.3 is 6.18 Å². The highest BCUT2D eigenvalue weighted by molar-refractivity contribution is 5.99. The summed E-state index contributed by atoms with van der Waals surface area (Å²) in [6.07, 6.45) is -3.96. The third kappa shape index (κ3) is 3.58. The van der Waals surface area contributed by atoms with Crippen LogP contribution in [-0.2, 0) is 6.18 Å². The molecule has 0 atom stereocenters. The SMILES string of the molecule is O=C(c1ccc2ccccc2c1)N1CC(Oc2ccc(C(F)(F)F)cn2)C1. The van der Waals surface area contributed by atoms with E-state index in [1.807, 2.05) is 36.4 Å². The first-order valence-electron chi connectivity index (χ1n) is 8.38. The fraction of sp³-hybridized carbons (Fsp3) is 0.200. The number of likely N-dealkylation sites (tertiary alicyclic amines) is 1. The molecular weight excluding hydrogens is 357 g/mol. The number of fused-ring (bicyclic) bond motifs is 1. The molecule has 2 heterocycles. The Labute approximate surface area is 153 Å². The topological polar surface area (TPSA) is 42.4 Å². The average molecular weight is 372 g/mol. The zero-order chi connectivity index (χ0) is 19.0. The van der Waals surface area contributed by atoms with Gasteiger partial charge in [0.25, 0.3) is 5.91 Å². The molecule has 0 aliphatic carbocycles. The summed E-state index contributed by atoms with van der Waals surface area (Å²) in [5.74, 6) is 0.0202. The number of carbonyl (C=O) groups is 1. The van der Waals surface area contributed by atoms with Crippen LogP contribution in [0.25, 0.3) is 10.8 Å². The largest absolute Gasteiger partial charge is 0.471 e. The molecule has 2 aromatic carbocycles. The van der Waals surface area contributed by atoms with Gasteiger partial charge < -0.3 is 9.64 Å². The van der Waals surface area contributed by atoms with Crippen molar-refractivity contribution in [3.63, 3.8) is 0 Å². The van der Waals surface area contributed by atoms with E-state index >= 15 is 0 Å². The highest BCUT2D eigenvalue weighted by atomic mass is 19.4. The van der Waals surface area contributed by atoms with Gasteiger partial charge in [-0.25, -0.2) is 4.98 Å². The maximum absolute atomic E-state index is 12.6. The summed E-state index contributed by atoms with van der Waals surface area (Å²) in [5, 5.41) is 2.05. The van der Waals surface area contributed by atoms with Gasteiger partial charge in [-0.2, -0.15) is 13.2 Å². The fourth-order valence-corrected chi connectivity index (χ4v) is 2.97. The molecule has 1 amide bonds. The number of alkyl halides is 3. The Morgan fingerprint density at radius 2 is 1.78 bits per heavy atom. The van der Waals surface area contributed by atoms with Gasteiger partial charge in [0.2, 0.25) is 5.88 Å². The van der Waals surface area contributed by atoms with Crippen LogP contribution in [0.15, 0.2) is 60.8 Å². The molecule has 4 nitrogen and oxygen atoms in total. The minimum Gasteiger partial charge on any atom is -0.471 e. The maximum atomic E-state index is 12.6. The Morgan fingerprint density at radius 3 is 2.44 bits per heavy atom. The summed E-state index contributed by atoms with van der Waals surface area (Å²) in [6.45, 7) is 0.739. The van der Waals surface area contributed by atoms with Crippen molar-refractivity contribution in [3.05, 3.63) is 71.9 Å². The number of rotatable bonds is 3. The first-order valence-corrected chi connectivity index (χ1v) is 8.38. The van der Waals surface area contributed by atoms with E-state index in [2.05, 4.69) is 4.98 Å². The fourth-order valence-electron chi connectivity index (χ4n) is 2.97. The lowest BCUT2D eigenvalue weighted by Crippen LogP contribution is -2.56. The highest BCUT2D eigenvalue weighted by Gasteiger charge is 2.34. The van der Waals surface area contributed by atoms with Crippen molar-refractivity contribution in [1.82, 2.24) is 9.88 Å². The van der Waals surface area contributed by atoms with Crippen molar-refractivity contribution in [2.45, 2.75) is 12.3 Å². The Balaban J connectivity index is 1.36. The van der Waals surface area contributed by atoms with Crippen molar-refractivity contribution < 1.29 is 22.7 Å². The van der Waals surface area contributed by atoms with E-state index < -0.39 is 11.7 Å². The number of carbonyl (C=O) groups excluding carboxylic acids is 1. The lowest BCUT2D eigenvalue weighted by Gasteiger charge is -2.38. The number of aromatic nitrogens is 1. The second-order valence-corrected chi connectivity index (χ2v) is 6.39. The minimum absolute atomic E-state index is 0.0963. The van der Waals surface area contributed by atoms with E-state index in [-0.39, 0.29) is 17.9 Å². The van der Waals surface area contributed by atoms with Crippen molar-refractivity contribution in [2.75, 3.05) is 13.1 Å². The molecule has 1 saturated heterocycles. The number of ether oxygens (including phenoxy) is 1. The van der Waals surface area contributed by atoms with E-state index in [0.717, 1.165) is 23.0 Å². The molecular formula is C20H15F3N2O2. The van der Waals surface area contributed by atoms with Crippen LogP contribution >= 0.6 is 0 Å². The van der Waals surface area contributed by atoms with Crippen molar-refractivity contribution in [2.24, 2.45) is 0 Å². The predicted octanol–water partition coefficient (Wildman–Crippen LogP) is 4.16. The summed E-state index contributed by atoms with van der Waals surface area (Å²) in [7, 11) is 0. The third-order valence-electron chi connectivity index (χ3n) is 4.48. The van der Waals surface area contributed by atoms with Gasteiger partial charge in [0.1, 0.15) is 6.10 Å². The number of halogens is 3. The summed E-state index contributed by atoms with van der Waals surface area (Å²) >= 11 is 0. The van der Waals surface area contributed by atoms with E-state index in [9.17, 15) is 18.0 Å². The molecule has 0 radical (unpaired) electrons. The van der Waals surface area contributed by atoms with Crippen LogP contribution in [0.5, 0.6) is 5.88 Å². The Hall–Kier alpha value is -3.09. The van der Waals surface area contributed by atoms with Crippen molar-refractivity contribution in [1.29, 1.82) is 0 Å². The van der Waals surface area contributed by atoms with Crippen molar-refractivity contribution >= 4 is 16.7 Å². The highest BCUT2D eigenvalue weighted by Crippen LogP contribution is 2.29. The molecule has 27 heavy (non-hydrogen) atoms. The monoisotopic (exact) mass is 372 g/mol. The zero-order valence-electron chi connectivity index (χ0n) is 14.1. The van der Waals surface area contributed by atoms with Crippen LogP contribution in [0.4, 0.5) is 13.2 Å². The molecule has 0 N–H and O–H groups in total. The second kappa shape index (κ2) is 6.57. The Bertz CT molecular complexity index is 980. The van der Waals surface area contributed by atoms with Crippen LogP contribution in [-0.4, -0.2) is 35.0 Å². The number of pyridine rings is 1. The quantitative estimate of drug-likeness (QED) is 0.693. The van der Waals surface area contributed by atoms with E-state index in [4.69, 9.17) is 4.74 Å². The number of hydrogen-bond acceptors (Lipinski definition) is 3. The average Bonchev–Trinajstić information content (AvgIpc) is 2.63. The van der Waals surface area contributed by atoms with E-state index in [1.54, 1.807) is 11.0 Å². The molecule has 1 aliphatic rings. The van der Waals surface area contributed by atoms with Gasteiger partial charge in [-0.05, 0) is 29.0 Å². The number of nitrogens with zero attached hydrogens (tertiary/aromatic N) is 2. The number of hydrogen-bond donors (Lipinski definition) is 0. The second-order valence-electron chi connectivity index (χ2n) is 6.39. The lowest BCUT2D eigenvalue weighted by atomic mass is 10.0. The lowest BCUT2D eigenvalue weighted by molar-refractivity contribution is -0.137. The smallest absolute Gasteiger partial charge is 0.417 e. The van der Waals surface area contributed by atoms with Gasteiger partial charge in [-0.15, -0.1) is 0 Å². The molecule has 7 heteroatoms. The van der Waals surface area contributed by atoms with Crippen LogP contribution in [0.1, 0.15) is 15.9 Å². The van der Waals surface area contributed by atoms with Crippen LogP contribution in [0, 0.1) is 0 Å². The van der Waals surface area contributed by atoms with Gasteiger partial charge in [0.05, 0.1) is 18.7 Å². The molecule has 1 fully saturated rings. The normalized spacial score (nSPS) is 14.9. The van der Waals surface area contributed by atoms with Gasteiger partial charge in [0, 0.05) is 17.8 Å². The first-order chi connectivity index (χ1) is 12.9. The van der Waals surface area contributed by atoms with E-state index in [1.165, 1.54) is 6.07 Å².